The Morgan fingerprint density at radius 1 is 1.07 bits per heavy atom. The Hall–Kier alpha value is -3.27. The molecule has 1 aromatic heterocycles. The number of aromatic amines is 1. The highest BCUT2D eigenvalue weighted by Crippen LogP contribution is 2.28. The number of fused-ring (bicyclic) bond motifs is 2. The summed E-state index contributed by atoms with van der Waals surface area (Å²) in [7, 11) is 1.53. The molecule has 0 spiro atoms. The summed E-state index contributed by atoms with van der Waals surface area (Å²) < 4.78 is 24.9. The topological polar surface area (TPSA) is 78.1 Å². The second-order valence-corrected chi connectivity index (χ2v) is 10.6. The molecule has 214 valence electrons. The first kappa shape index (κ1) is 28.3. The van der Waals surface area contributed by atoms with E-state index in [1.165, 1.54) is 19.2 Å². The number of amides is 2. The predicted octanol–water partition coefficient (Wildman–Crippen LogP) is 4.38. The monoisotopic (exact) mass is 550 g/mol. The highest BCUT2D eigenvalue weighted by Gasteiger charge is 2.29. The van der Waals surface area contributed by atoms with Gasteiger partial charge in [-0.3, -0.25) is 14.5 Å². The Morgan fingerprint density at radius 2 is 1.88 bits per heavy atom. The van der Waals surface area contributed by atoms with Gasteiger partial charge in [-0.1, -0.05) is 25.1 Å². The first-order valence-corrected chi connectivity index (χ1v) is 14.3. The summed E-state index contributed by atoms with van der Waals surface area (Å²) in [5, 5.41) is 0.740. The Labute approximate surface area is 235 Å². The number of benzene rings is 2. The third-order valence-electron chi connectivity index (χ3n) is 8.13. The average molecular weight is 551 g/mol. The molecule has 0 unspecified atom stereocenters. The number of para-hydroxylation sites is 1. The second-order valence-electron chi connectivity index (χ2n) is 10.6. The quantitative estimate of drug-likeness (QED) is 0.510. The molecule has 2 aromatic carbocycles. The summed E-state index contributed by atoms with van der Waals surface area (Å²) in [5.41, 5.74) is 3.78. The summed E-state index contributed by atoms with van der Waals surface area (Å²) in [6.07, 6.45) is 3.31. The summed E-state index contributed by atoms with van der Waals surface area (Å²) in [5.74, 6) is -0.544. The molecule has 1 saturated heterocycles. The fourth-order valence-corrected chi connectivity index (χ4v) is 6.08. The number of carbonyl (C=O) groups is 2. The SMILES string of the molecule is CCc1c(C(=O)N2CCN(C3CCOCC3)CCCN(C(=O)COC)c3ccccc3C2)[nH]c2ccc(F)cc12. The number of aromatic nitrogens is 1. The fourth-order valence-electron chi connectivity index (χ4n) is 6.08. The number of nitrogens with zero attached hydrogens (tertiary/aromatic N) is 3. The van der Waals surface area contributed by atoms with Gasteiger partial charge in [0.2, 0.25) is 0 Å². The minimum absolute atomic E-state index is 0.00780. The van der Waals surface area contributed by atoms with Crippen molar-refractivity contribution in [3.05, 3.63) is 65.1 Å². The molecule has 3 heterocycles. The minimum Gasteiger partial charge on any atom is -0.381 e. The molecule has 2 aliphatic heterocycles. The lowest BCUT2D eigenvalue weighted by atomic mass is 10.1. The average Bonchev–Trinajstić information content (AvgIpc) is 3.32. The van der Waals surface area contributed by atoms with Crippen LogP contribution in [0.3, 0.4) is 0 Å². The van der Waals surface area contributed by atoms with Gasteiger partial charge in [-0.2, -0.15) is 0 Å². The molecule has 0 saturated carbocycles. The molecule has 40 heavy (non-hydrogen) atoms. The van der Waals surface area contributed by atoms with E-state index >= 15 is 0 Å². The number of rotatable bonds is 5. The van der Waals surface area contributed by atoms with Gasteiger partial charge in [0, 0.05) is 75.7 Å². The van der Waals surface area contributed by atoms with E-state index in [0.717, 1.165) is 73.3 Å². The van der Waals surface area contributed by atoms with Crippen LogP contribution in [0.4, 0.5) is 10.1 Å². The van der Waals surface area contributed by atoms with Gasteiger partial charge in [0.1, 0.15) is 18.1 Å². The van der Waals surface area contributed by atoms with Gasteiger partial charge in [0.25, 0.3) is 11.8 Å². The maximum absolute atomic E-state index is 14.3. The molecule has 8 nitrogen and oxygen atoms in total. The van der Waals surface area contributed by atoms with Gasteiger partial charge in [0.05, 0.1) is 0 Å². The van der Waals surface area contributed by atoms with Crippen LogP contribution in [0.1, 0.15) is 47.8 Å². The van der Waals surface area contributed by atoms with Crippen LogP contribution in [-0.2, 0) is 27.2 Å². The van der Waals surface area contributed by atoms with Crippen molar-refractivity contribution in [2.24, 2.45) is 0 Å². The van der Waals surface area contributed by atoms with Crippen LogP contribution in [0.2, 0.25) is 0 Å². The largest absolute Gasteiger partial charge is 0.381 e. The van der Waals surface area contributed by atoms with Crippen molar-refractivity contribution in [2.75, 3.05) is 58.0 Å². The zero-order valence-corrected chi connectivity index (χ0v) is 23.5. The number of nitrogens with one attached hydrogen (secondary N) is 1. The molecule has 2 aliphatic rings. The standard InChI is InChI=1S/C31H39FN4O4/c1-3-25-26-19-23(32)9-10-27(26)33-30(25)31(38)35-16-15-34(24-11-17-40-18-12-24)13-6-14-36(29(37)21-39-2)28-8-5-4-7-22(28)20-35/h4-5,7-10,19,24,33H,3,6,11-18,20-21H2,1-2H3. The Balaban J connectivity index is 1.53. The molecule has 1 N–H and O–H groups in total. The van der Waals surface area contributed by atoms with Gasteiger partial charge in [-0.25, -0.2) is 4.39 Å². The van der Waals surface area contributed by atoms with E-state index in [9.17, 15) is 14.0 Å². The minimum atomic E-state index is -0.322. The van der Waals surface area contributed by atoms with Crippen LogP contribution in [0.25, 0.3) is 10.9 Å². The Bertz CT molecular complexity index is 1340. The van der Waals surface area contributed by atoms with Crippen LogP contribution < -0.4 is 4.90 Å². The number of ether oxygens (including phenoxy) is 2. The molecule has 5 rings (SSSR count). The number of aryl methyl sites for hydroxylation is 1. The van der Waals surface area contributed by atoms with E-state index in [-0.39, 0.29) is 24.2 Å². The molecular formula is C31H39FN4O4. The van der Waals surface area contributed by atoms with Crippen molar-refractivity contribution in [3.63, 3.8) is 0 Å². The molecule has 0 bridgehead atoms. The van der Waals surface area contributed by atoms with Crippen molar-refractivity contribution >= 4 is 28.4 Å². The van der Waals surface area contributed by atoms with Gasteiger partial charge < -0.3 is 24.3 Å². The molecule has 9 heteroatoms. The fraction of sp³-hybridized carbons (Fsp3) is 0.484. The number of anilines is 1. The number of halogens is 1. The summed E-state index contributed by atoms with van der Waals surface area (Å²) in [6, 6.07) is 12.8. The van der Waals surface area contributed by atoms with Crippen LogP contribution in [0.15, 0.2) is 42.5 Å². The van der Waals surface area contributed by atoms with Crippen LogP contribution >= 0.6 is 0 Å². The summed E-state index contributed by atoms with van der Waals surface area (Å²) in [6.45, 7) is 6.44. The zero-order valence-electron chi connectivity index (χ0n) is 23.5. The smallest absolute Gasteiger partial charge is 0.270 e. The summed E-state index contributed by atoms with van der Waals surface area (Å²) in [4.78, 5) is 36.9. The normalized spacial score (nSPS) is 18.0. The number of methoxy groups -OCH3 is 1. The van der Waals surface area contributed by atoms with Gasteiger partial charge in [-0.15, -0.1) is 0 Å². The second kappa shape index (κ2) is 12.9. The number of hydrogen-bond donors (Lipinski definition) is 1. The third-order valence-corrected chi connectivity index (χ3v) is 8.13. The van der Waals surface area contributed by atoms with Crippen molar-refractivity contribution in [1.82, 2.24) is 14.8 Å². The lowest BCUT2D eigenvalue weighted by molar-refractivity contribution is -0.122. The predicted molar refractivity (Wildman–Crippen MR) is 153 cm³/mol. The Morgan fingerprint density at radius 3 is 2.65 bits per heavy atom. The van der Waals surface area contributed by atoms with Crippen molar-refractivity contribution in [2.45, 2.75) is 45.2 Å². The van der Waals surface area contributed by atoms with E-state index in [0.29, 0.717) is 37.8 Å². The van der Waals surface area contributed by atoms with Crippen LogP contribution in [0.5, 0.6) is 0 Å². The van der Waals surface area contributed by atoms with Gasteiger partial charge in [-0.05, 0) is 61.1 Å². The first-order valence-electron chi connectivity index (χ1n) is 14.3. The van der Waals surface area contributed by atoms with Crippen LogP contribution in [0, 0.1) is 5.82 Å². The first-order chi connectivity index (χ1) is 19.5. The highest BCUT2D eigenvalue weighted by atomic mass is 19.1. The molecular weight excluding hydrogens is 511 g/mol. The number of hydrogen-bond acceptors (Lipinski definition) is 5. The summed E-state index contributed by atoms with van der Waals surface area (Å²) >= 11 is 0. The molecule has 2 amide bonds. The molecule has 1 fully saturated rings. The molecule has 3 aromatic rings. The Kier molecular flexibility index (Phi) is 9.14. The van der Waals surface area contributed by atoms with E-state index in [2.05, 4.69) is 9.88 Å². The van der Waals surface area contributed by atoms with Gasteiger partial charge in [0.15, 0.2) is 0 Å². The number of H-pyrrole nitrogens is 1. The van der Waals surface area contributed by atoms with E-state index in [1.54, 1.807) is 11.0 Å². The van der Waals surface area contributed by atoms with Gasteiger partial charge >= 0.3 is 0 Å². The molecule has 0 aliphatic carbocycles. The van der Waals surface area contributed by atoms with Crippen molar-refractivity contribution in [3.8, 4) is 0 Å². The lowest BCUT2D eigenvalue weighted by Crippen LogP contribution is -2.45. The third kappa shape index (κ3) is 6.06. The maximum atomic E-state index is 14.3. The van der Waals surface area contributed by atoms with E-state index in [4.69, 9.17) is 9.47 Å². The van der Waals surface area contributed by atoms with E-state index < -0.39 is 0 Å². The highest BCUT2D eigenvalue weighted by molar-refractivity contribution is 6.01. The van der Waals surface area contributed by atoms with E-state index in [1.807, 2.05) is 36.1 Å². The molecule has 0 radical (unpaired) electrons. The number of carbonyl (C=O) groups excluding carboxylic acids is 2. The molecule has 0 atom stereocenters. The maximum Gasteiger partial charge on any atom is 0.270 e. The van der Waals surface area contributed by atoms with Crippen LogP contribution in [-0.4, -0.2) is 85.7 Å². The zero-order chi connectivity index (χ0) is 28.1. The lowest BCUT2D eigenvalue weighted by Gasteiger charge is -2.35. The van der Waals surface area contributed by atoms with Crippen molar-refractivity contribution < 1.29 is 23.5 Å². The van der Waals surface area contributed by atoms with Crippen molar-refractivity contribution in [1.29, 1.82) is 0 Å².